The van der Waals surface area contributed by atoms with E-state index >= 15 is 0 Å². The van der Waals surface area contributed by atoms with Crippen molar-refractivity contribution in [3.8, 4) is 5.88 Å². The van der Waals surface area contributed by atoms with Crippen LogP contribution in [0.15, 0.2) is 22.8 Å². The molecule has 0 aliphatic carbocycles. The molecule has 2 aromatic heterocycles. The molecule has 0 saturated carbocycles. The van der Waals surface area contributed by atoms with Crippen LogP contribution in [0, 0.1) is 6.92 Å². The lowest BCUT2D eigenvalue weighted by molar-refractivity contribution is 0.393. The molecule has 0 spiro atoms. The minimum atomic E-state index is 0.551. The molecule has 12 heavy (non-hydrogen) atoms. The van der Waals surface area contributed by atoms with E-state index < -0.39 is 0 Å². The molecule has 0 aliphatic rings. The first-order valence-electron chi connectivity index (χ1n) is 3.70. The number of hydrogen-bond donors (Lipinski definition) is 0. The van der Waals surface area contributed by atoms with Crippen molar-refractivity contribution in [2.75, 3.05) is 7.11 Å². The van der Waals surface area contributed by atoms with Crippen molar-refractivity contribution < 1.29 is 9.15 Å². The Hall–Kier alpha value is -1.51. The van der Waals surface area contributed by atoms with Crippen LogP contribution in [0.5, 0.6) is 5.88 Å². The first kappa shape index (κ1) is 7.16. The summed E-state index contributed by atoms with van der Waals surface area (Å²) in [5.74, 6) is 0.551. The van der Waals surface area contributed by atoms with E-state index in [0.29, 0.717) is 11.5 Å². The van der Waals surface area contributed by atoms with Crippen LogP contribution in [0.25, 0.3) is 11.0 Å². The van der Waals surface area contributed by atoms with Gasteiger partial charge in [-0.05, 0) is 19.1 Å². The van der Waals surface area contributed by atoms with Crippen LogP contribution < -0.4 is 4.74 Å². The molecule has 3 heteroatoms. The number of pyridine rings is 1. The summed E-state index contributed by atoms with van der Waals surface area (Å²) in [5, 5.41) is 1.03. The molecule has 62 valence electrons. The molecule has 2 aromatic rings. The number of nitrogens with zero attached hydrogens (tertiary/aromatic N) is 1. The van der Waals surface area contributed by atoms with Gasteiger partial charge in [-0.3, -0.25) is 0 Å². The van der Waals surface area contributed by atoms with Crippen molar-refractivity contribution in [2.45, 2.75) is 6.92 Å². The highest BCUT2D eigenvalue weighted by Gasteiger charge is 2.06. The molecule has 0 radical (unpaired) electrons. The lowest BCUT2D eigenvalue weighted by Crippen LogP contribution is -1.89. The maximum Gasteiger partial charge on any atom is 0.258 e. The second-order valence-corrected chi connectivity index (χ2v) is 2.61. The fourth-order valence-electron chi connectivity index (χ4n) is 1.21. The molecule has 3 nitrogen and oxygen atoms in total. The van der Waals surface area contributed by atoms with Crippen LogP contribution in [0.4, 0.5) is 0 Å². The monoisotopic (exact) mass is 163 g/mol. The van der Waals surface area contributed by atoms with Gasteiger partial charge in [0.05, 0.1) is 13.4 Å². The average Bonchev–Trinajstić information content (AvgIpc) is 2.50. The fraction of sp³-hybridized carbons (Fsp3) is 0.222. The van der Waals surface area contributed by atoms with E-state index in [-0.39, 0.29) is 0 Å². The van der Waals surface area contributed by atoms with Gasteiger partial charge in [0.25, 0.3) is 5.88 Å². The van der Waals surface area contributed by atoms with Gasteiger partial charge in [-0.2, -0.15) is 0 Å². The second-order valence-electron chi connectivity index (χ2n) is 2.61. The number of fused-ring (bicyclic) bond motifs is 1. The van der Waals surface area contributed by atoms with Crippen molar-refractivity contribution in [1.29, 1.82) is 0 Å². The van der Waals surface area contributed by atoms with Crippen LogP contribution in [0.3, 0.4) is 0 Å². The third kappa shape index (κ3) is 0.942. The zero-order valence-electron chi connectivity index (χ0n) is 7.00. The van der Waals surface area contributed by atoms with Gasteiger partial charge in [0.1, 0.15) is 0 Å². The summed E-state index contributed by atoms with van der Waals surface area (Å²) in [6, 6.07) is 3.86. The van der Waals surface area contributed by atoms with Gasteiger partial charge < -0.3 is 9.15 Å². The van der Waals surface area contributed by atoms with Gasteiger partial charge in [0, 0.05) is 11.1 Å². The van der Waals surface area contributed by atoms with E-state index in [4.69, 9.17) is 9.15 Å². The predicted octanol–water partition coefficient (Wildman–Crippen LogP) is 2.14. The normalized spacial score (nSPS) is 10.5. The highest BCUT2D eigenvalue weighted by Crippen LogP contribution is 2.24. The average molecular weight is 163 g/mol. The van der Waals surface area contributed by atoms with Gasteiger partial charge in [-0.15, -0.1) is 0 Å². The van der Waals surface area contributed by atoms with Gasteiger partial charge >= 0.3 is 0 Å². The summed E-state index contributed by atoms with van der Waals surface area (Å²) in [6.07, 6.45) is 1.63. The molecule has 0 bridgehead atoms. The minimum absolute atomic E-state index is 0.551. The molecule has 0 unspecified atom stereocenters. The van der Waals surface area contributed by atoms with Crippen molar-refractivity contribution in [3.05, 3.63) is 24.1 Å². The van der Waals surface area contributed by atoms with Gasteiger partial charge in [-0.25, -0.2) is 4.98 Å². The van der Waals surface area contributed by atoms with Crippen LogP contribution in [-0.2, 0) is 0 Å². The summed E-state index contributed by atoms with van der Waals surface area (Å²) >= 11 is 0. The highest BCUT2D eigenvalue weighted by molar-refractivity contribution is 5.81. The minimum Gasteiger partial charge on any atom is -0.478 e. The van der Waals surface area contributed by atoms with Crippen molar-refractivity contribution in [3.63, 3.8) is 0 Å². The molecular weight excluding hydrogens is 154 g/mol. The molecule has 0 fully saturated rings. The molecule has 0 aromatic carbocycles. The lowest BCUT2D eigenvalue weighted by Gasteiger charge is -1.99. The number of aromatic nitrogens is 1. The number of ether oxygens (including phenoxy) is 1. The third-order valence-electron chi connectivity index (χ3n) is 1.73. The molecular formula is C9H9NO2. The van der Waals surface area contributed by atoms with Gasteiger partial charge in [0.2, 0.25) is 0 Å². The van der Waals surface area contributed by atoms with E-state index in [1.807, 2.05) is 19.1 Å². The van der Waals surface area contributed by atoms with E-state index in [1.165, 1.54) is 0 Å². The SMILES string of the molecule is COc1nc(C)cc2ccoc12. The van der Waals surface area contributed by atoms with Crippen molar-refractivity contribution >= 4 is 11.0 Å². The Bertz CT molecular complexity index is 406. The molecule has 2 heterocycles. The van der Waals surface area contributed by atoms with Crippen LogP contribution in [0.2, 0.25) is 0 Å². The van der Waals surface area contributed by atoms with Gasteiger partial charge in [0.15, 0.2) is 5.58 Å². The summed E-state index contributed by atoms with van der Waals surface area (Å²) in [4.78, 5) is 4.18. The molecule has 0 N–H and O–H groups in total. The molecule has 0 aliphatic heterocycles. The van der Waals surface area contributed by atoms with Gasteiger partial charge in [-0.1, -0.05) is 0 Å². The number of rotatable bonds is 1. The summed E-state index contributed by atoms with van der Waals surface area (Å²) in [7, 11) is 1.59. The largest absolute Gasteiger partial charge is 0.478 e. The first-order valence-corrected chi connectivity index (χ1v) is 3.70. The maximum absolute atomic E-state index is 5.21. The Morgan fingerprint density at radius 1 is 1.50 bits per heavy atom. The highest BCUT2D eigenvalue weighted by atomic mass is 16.5. The Kier molecular flexibility index (Phi) is 1.50. The predicted molar refractivity (Wildman–Crippen MR) is 45.3 cm³/mol. The van der Waals surface area contributed by atoms with E-state index in [9.17, 15) is 0 Å². The Balaban J connectivity index is 2.80. The Morgan fingerprint density at radius 3 is 3.08 bits per heavy atom. The van der Waals surface area contributed by atoms with E-state index in [2.05, 4.69) is 4.98 Å². The first-order chi connectivity index (χ1) is 5.81. The van der Waals surface area contributed by atoms with Crippen LogP contribution >= 0.6 is 0 Å². The zero-order valence-corrected chi connectivity index (χ0v) is 7.00. The number of hydrogen-bond acceptors (Lipinski definition) is 3. The summed E-state index contributed by atoms with van der Waals surface area (Å²) in [5.41, 5.74) is 1.64. The van der Waals surface area contributed by atoms with Crippen molar-refractivity contribution in [1.82, 2.24) is 4.98 Å². The summed E-state index contributed by atoms with van der Waals surface area (Å²) < 4.78 is 10.3. The quantitative estimate of drug-likeness (QED) is 0.646. The fourth-order valence-corrected chi connectivity index (χ4v) is 1.21. The van der Waals surface area contributed by atoms with E-state index in [0.717, 1.165) is 11.1 Å². The maximum atomic E-state index is 5.21. The molecule has 0 amide bonds. The Morgan fingerprint density at radius 2 is 2.33 bits per heavy atom. The topological polar surface area (TPSA) is 35.3 Å². The summed E-state index contributed by atoms with van der Waals surface area (Å²) in [6.45, 7) is 1.93. The smallest absolute Gasteiger partial charge is 0.258 e. The standard InChI is InChI=1S/C9H9NO2/c1-6-5-7-3-4-12-8(7)9(10-6)11-2/h3-5H,1-2H3. The lowest BCUT2D eigenvalue weighted by atomic mass is 10.3. The van der Waals surface area contributed by atoms with Crippen LogP contribution in [-0.4, -0.2) is 12.1 Å². The van der Waals surface area contributed by atoms with Crippen LogP contribution in [0.1, 0.15) is 5.69 Å². The number of aryl methyl sites for hydroxylation is 1. The van der Waals surface area contributed by atoms with Crippen molar-refractivity contribution in [2.24, 2.45) is 0 Å². The molecule has 0 atom stereocenters. The number of methoxy groups -OCH3 is 1. The second kappa shape index (κ2) is 2.52. The molecule has 0 saturated heterocycles. The third-order valence-corrected chi connectivity index (χ3v) is 1.73. The van der Waals surface area contributed by atoms with E-state index in [1.54, 1.807) is 13.4 Å². The number of furan rings is 1. The molecule has 2 rings (SSSR count). The Labute approximate surface area is 70.0 Å². The zero-order chi connectivity index (χ0) is 8.55.